The van der Waals surface area contributed by atoms with E-state index < -0.39 is 0 Å². The fraction of sp³-hybridized carbons (Fsp3) is 0.650. The van der Waals surface area contributed by atoms with Gasteiger partial charge in [0.1, 0.15) is 12.4 Å². The second-order valence-electron chi connectivity index (χ2n) is 7.60. The Balaban J connectivity index is 1.73. The van der Waals surface area contributed by atoms with Crippen molar-refractivity contribution in [1.82, 2.24) is 10.2 Å². The summed E-state index contributed by atoms with van der Waals surface area (Å²) < 4.78 is 16.5. The van der Waals surface area contributed by atoms with Gasteiger partial charge in [0.15, 0.2) is 0 Å². The maximum absolute atomic E-state index is 12.1. The molecule has 26 heavy (non-hydrogen) atoms. The summed E-state index contributed by atoms with van der Waals surface area (Å²) in [6.45, 7) is 11.2. The Bertz CT molecular complexity index is 581. The summed E-state index contributed by atoms with van der Waals surface area (Å²) in [6.07, 6.45) is 0.417. The van der Waals surface area contributed by atoms with Crippen molar-refractivity contribution >= 4 is 5.91 Å². The van der Waals surface area contributed by atoms with Crippen molar-refractivity contribution in [3.05, 3.63) is 29.8 Å². The van der Waals surface area contributed by atoms with Gasteiger partial charge in [-0.3, -0.25) is 9.69 Å². The Hall–Kier alpha value is -1.63. The van der Waals surface area contributed by atoms with E-state index >= 15 is 0 Å². The summed E-state index contributed by atoms with van der Waals surface area (Å²) in [5.41, 5.74) is 0.850. The van der Waals surface area contributed by atoms with Crippen molar-refractivity contribution in [3.63, 3.8) is 0 Å². The zero-order valence-electron chi connectivity index (χ0n) is 16.6. The average molecular weight is 364 g/mol. The number of rotatable bonds is 8. The number of hydrogen-bond donors (Lipinski definition) is 1. The van der Waals surface area contributed by atoms with E-state index in [0.29, 0.717) is 13.2 Å². The number of amides is 1. The summed E-state index contributed by atoms with van der Waals surface area (Å²) in [5.74, 6) is 0.682. The van der Waals surface area contributed by atoms with Gasteiger partial charge in [0.05, 0.1) is 25.9 Å². The van der Waals surface area contributed by atoms with Crippen LogP contribution in [-0.4, -0.2) is 61.9 Å². The first-order valence-corrected chi connectivity index (χ1v) is 9.18. The van der Waals surface area contributed by atoms with Crippen LogP contribution in [0.3, 0.4) is 0 Å². The Labute approximate surface area is 156 Å². The molecule has 146 valence electrons. The van der Waals surface area contributed by atoms with Crippen molar-refractivity contribution in [2.24, 2.45) is 0 Å². The first kappa shape index (κ1) is 20.7. The second-order valence-corrected chi connectivity index (χ2v) is 7.60. The molecule has 1 aromatic rings. The standard InChI is InChI=1S/C20H32N2O4/c1-15-10-22(11-16(2)26-15)20(3,4)14-21-19(23)13-25-12-17-7-6-8-18(9-17)24-5/h6-9,15-16H,10-14H2,1-5H3,(H,21,23)/t15-,16-/m1/s1. The first-order chi connectivity index (χ1) is 12.3. The number of nitrogens with one attached hydrogen (secondary N) is 1. The number of carbonyl (C=O) groups excluding carboxylic acids is 1. The SMILES string of the molecule is COc1cccc(COCC(=O)NCC(C)(C)N2C[C@@H](C)O[C@H](C)C2)c1. The van der Waals surface area contributed by atoms with Gasteiger partial charge in [-0.15, -0.1) is 0 Å². The molecule has 2 atom stereocenters. The number of carbonyl (C=O) groups is 1. The van der Waals surface area contributed by atoms with E-state index in [-0.39, 0.29) is 30.3 Å². The molecule has 1 aliphatic heterocycles. The number of nitrogens with zero attached hydrogens (tertiary/aromatic N) is 1. The van der Waals surface area contributed by atoms with Crippen LogP contribution in [0.4, 0.5) is 0 Å². The molecule has 0 saturated carbocycles. The lowest BCUT2D eigenvalue weighted by Crippen LogP contribution is -2.58. The van der Waals surface area contributed by atoms with Crippen molar-refractivity contribution in [1.29, 1.82) is 0 Å². The van der Waals surface area contributed by atoms with Gasteiger partial charge in [-0.25, -0.2) is 0 Å². The molecule has 1 aromatic carbocycles. The molecule has 1 aliphatic rings. The van der Waals surface area contributed by atoms with Crippen LogP contribution < -0.4 is 10.1 Å². The maximum Gasteiger partial charge on any atom is 0.246 e. The molecule has 0 aromatic heterocycles. The van der Waals surface area contributed by atoms with Crippen LogP contribution in [0.25, 0.3) is 0 Å². The van der Waals surface area contributed by atoms with Crippen LogP contribution in [0.2, 0.25) is 0 Å². The highest BCUT2D eigenvalue weighted by molar-refractivity contribution is 5.77. The molecule has 2 rings (SSSR count). The van der Waals surface area contributed by atoms with E-state index in [2.05, 4.69) is 37.9 Å². The van der Waals surface area contributed by atoms with E-state index in [1.807, 2.05) is 24.3 Å². The predicted molar refractivity (Wildman–Crippen MR) is 101 cm³/mol. The zero-order chi connectivity index (χ0) is 19.2. The molecule has 0 aliphatic carbocycles. The Kier molecular flexibility index (Phi) is 7.43. The van der Waals surface area contributed by atoms with Crippen molar-refractivity contribution in [3.8, 4) is 5.75 Å². The van der Waals surface area contributed by atoms with E-state index in [1.54, 1.807) is 7.11 Å². The van der Waals surface area contributed by atoms with Crippen LogP contribution >= 0.6 is 0 Å². The molecule has 1 saturated heterocycles. The van der Waals surface area contributed by atoms with Crippen molar-refractivity contribution < 1.29 is 19.0 Å². The molecule has 0 unspecified atom stereocenters. The third-order valence-corrected chi connectivity index (χ3v) is 4.63. The van der Waals surface area contributed by atoms with Gasteiger partial charge in [0.25, 0.3) is 0 Å². The molecule has 1 heterocycles. The molecule has 6 heteroatoms. The topological polar surface area (TPSA) is 60.0 Å². The van der Waals surface area contributed by atoms with Crippen molar-refractivity contribution in [2.45, 2.75) is 52.0 Å². The molecular weight excluding hydrogens is 332 g/mol. The summed E-state index contributed by atoms with van der Waals surface area (Å²) in [6, 6.07) is 7.64. The lowest BCUT2D eigenvalue weighted by molar-refractivity contribution is -0.127. The number of methoxy groups -OCH3 is 1. The monoisotopic (exact) mass is 364 g/mol. The van der Waals surface area contributed by atoms with Crippen LogP contribution in [0.15, 0.2) is 24.3 Å². The zero-order valence-corrected chi connectivity index (χ0v) is 16.6. The Morgan fingerprint density at radius 1 is 1.31 bits per heavy atom. The fourth-order valence-corrected chi connectivity index (χ4v) is 3.17. The van der Waals surface area contributed by atoms with Gasteiger partial charge in [-0.1, -0.05) is 12.1 Å². The van der Waals surface area contributed by atoms with E-state index in [1.165, 1.54) is 0 Å². The maximum atomic E-state index is 12.1. The second kappa shape index (κ2) is 9.35. The number of hydrogen-bond acceptors (Lipinski definition) is 5. The van der Waals surface area contributed by atoms with Crippen LogP contribution in [0, 0.1) is 0 Å². The smallest absolute Gasteiger partial charge is 0.246 e. The van der Waals surface area contributed by atoms with Gasteiger partial charge >= 0.3 is 0 Å². The highest BCUT2D eigenvalue weighted by atomic mass is 16.5. The van der Waals surface area contributed by atoms with E-state index in [0.717, 1.165) is 24.4 Å². The molecule has 1 amide bonds. The normalized spacial score (nSPS) is 21.4. The minimum atomic E-state index is -0.130. The quantitative estimate of drug-likeness (QED) is 0.766. The third kappa shape index (κ3) is 6.27. The van der Waals surface area contributed by atoms with Crippen molar-refractivity contribution in [2.75, 3.05) is 33.4 Å². The Morgan fingerprint density at radius 2 is 2.00 bits per heavy atom. The molecule has 0 spiro atoms. The molecule has 0 bridgehead atoms. The predicted octanol–water partition coefficient (Wildman–Crippen LogP) is 2.22. The van der Waals surface area contributed by atoms with Crippen LogP contribution in [0.1, 0.15) is 33.3 Å². The molecule has 1 fully saturated rings. The molecule has 1 N–H and O–H groups in total. The van der Waals surface area contributed by atoms with Gasteiger partial charge < -0.3 is 19.5 Å². The van der Waals surface area contributed by atoms with Gasteiger partial charge in [0.2, 0.25) is 5.91 Å². The summed E-state index contributed by atoms with van der Waals surface area (Å²) in [4.78, 5) is 14.5. The van der Waals surface area contributed by atoms with Gasteiger partial charge in [-0.05, 0) is 45.4 Å². The van der Waals surface area contributed by atoms with Crippen LogP contribution in [0.5, 0.6) is 5.75 Å². The first-order valence-electron chi connectivity index (χ1n) is 9.18. The lowest BCUT2D eigenvalue weighted by atomic mass is 10.00. The average Bonchev–Trinajstić information content (AvgIpc) is 2.59. The van der Waals surface area contributed by atoms with E-state index in [9.17, 15) is 4.79 Å². The Morgan fingerprint density at radius 3 is 2.65 bits per heavy atom. The minimum absolute atomic E-state index is 0.0448. The molecule has 0 radical (unpaired) electrons. The summed E-state index contributed by atoms with van der Waals surface area (Å²) in [7, 11) is 1.63. The summed E-state index contributed by atoms with van der Waals surface area (Å²) >= 11 is 0. The largest absolute Gasteiger partial charge is 0.497 e. The highest BCUT2D eigenvalue weighted by Crippen LogP contribution is 2.20. The van der Waals surface area contributed by atoms with Gasteiger partial charge in [0, 0.05) is 25.2 Å². The molecular formula is C20H32N2O4. The van der Waals surface area contributed by atoms with Crippen LogP contribution in [-0.2, 0) is 20.9 Å². The third-order valence-electron chi connectivity index (χ3n) is 4.63. The van der Waals surface area contributed by atoms with Gasteiger partial charge in [-0.2, -0.15) is 0 Å². The highest BCUT2D eigenvalue weighted by Gasteiger charge is 2.33. The number of benzene rings is 1. The number of ether oxygens (including phenoxy) is 3. The fourth-order valence-electron chi connectivity index (χ4n) is 3.17. The minimum Gasteiger partial charge on any atom is -0.497 e. The lowest BCUT2D eigenvalue weighted by Gasteiger charge is -2.45. The molecule has 6 nitrogen and oxygen atoms in total. The summed E-state index contributed by atoms with van der Waals surface area (Å²) in [5, 5.41) is 2.99. The number of morpholine rings is 1. The van der Waals surface area contributed by atoms with E-state index in [4.69, 9.17) is 14.2 Å².